The van der Waals surface area contributed by atoms with Crippen molar-refractivity contribution in [2.45, 2.75) is 12.0 Å². The highest BCUT2D eigenvalue weighted by Gasteiger charge is 2.48. The molecule has 3 aromatic rings. The third-order valence-electron chi connectivity index (χ3n) is 5.39. The molecular formula is C21H19F3N6O4S. The lowest BCUT2D eigenvalue weighted by molar-refractivity contribution is -0.137. The van der Waals surface area contributed by atoms with Crippen LogP contribution in [-0.4, -0.2) is 49.3 Å². The SMILES string of the molecule is CNC(=O)COC(=O)c1ccc2c(c1)NC(Nc1nc3ccc(C(F)(F)F)cc3s1)(C(N)=O)N2C. The number of halogens is 3. The van der Waals surface area contributed by atoms with E-state index in [0.29, 0.717) is 16.9 Å². The molecule has 1 aliphatic heterocycles. The van der Waals surface area contributed by atoms with Crippen molar-refractivity contribution < 1.29 is 32.3 Å². The second kappa shape index (κ2) is 8.61. The molecule has 2 heterocycles. The van der Waals surface area contributed by atoms with Gasteiger partial charge in [0, 0.05) is 14.1 Å². The number of primary amides is 1. The Bertz CT molecular complexity index is 1340. The summed E-state index contributed by atoms with van der Waals surface area (Å²) >= 11 is 0.922. The molecule has 2 aromatic carbocycles. The summed E-state index contributed by atoms with van der Waals surface area (Å²) in [6.45, 7) is -0.458. The average molecular weight is 508 g/mol. The summed E-state index contributed by atoms with van der Waals surface area (Å²) < 4.78 is 44.4. The van der Waals surface area contributed by atoms with Gasteiger partial charge in [0.15, 0.2) is 11.7 Å². The number of rotatable bonds is 6. The molecule has 0 aliphatic carbocycles. The van der Waals surface area contributed by atoms with E-state index in [1.54, 1.807) is 13.1 Å². The first kappa shape index (κ1) is 24.1. The van der Waals surface area contributed by atoms with Gasteiger partial charge in [-0.2, -0.15) is 13.2 Å². The Morgan fingerprint density at radius 1 is 1.23 bits per heavy atom. The summed E-state index contributed by atoms with van der Waals surface area (Å²) in [5.41, 5.74) is 6.17. The van der Waals surface area contributed by atoms with Gasteiger partial charge in [0.25, 0.3) is 17.6 Å². The Balaban J connectivity index is 1.62. The molecule has 35 heavy (non-hydrogen) atoms. The smallest absolute Gasteiger partial charge is 0.416 e. The summed E-state index contributed by atoms with van der Waals surface area (Å²) in [6, 6.07) is 7.59. The van der Waals surface area contributed by atoms with Crippen LogP contribution in [0.5, 0.6) is 0 Å². The quantitative estimate of drug-likeness (QED) is 0.372. The molecule has 1 aromatic heterocycles. The fourth-order valence-corrected chi connectivity index (χ4v) is 4.47. The molecule has 2 amide bonds. The van der Waals surface area contributed by atoms with Gasteiger partial charge in [-0.15, -0.1) is 0 Å². The monoisotopic (exact) mass is 508 g/mol. The largest absolute Gasteiger partial charge is 0.452 e. The number of hydrogen-bond acceptors (Lipinski definition) is 9. The van der Waals surface area contributed by atoms with E-state index in [1.807, 2.05) is 0 Å². The average Bonchev–Trinajstić information content (AvgIpc) is 3.34. The van der Waals surface area contributed by atoms with E-state index in [1.165, 1.54) is 30.1 Å². The molecule has 1 atom stereocenters. The van der Waals surface area contributed by atoms with Gasteiger partial charge in [0.2, 0.25) is 0 Å². The molecule has 0 spiro atoms. The summed E-state index contributed by atoms with van der Waals surface area (Å²) in [7, 11) is 2.97. The molecule has 1 aliphatic rings. The van der Waals surface area contributed by atoms with Gasteiger partial charge in [-0.25, -0.2) is 9.78 Å². The Morgan fingerprint density at radius 3 is 2.63 bits per heavy atom. The fraction of sp³-hybridized carbons (Fsp3) is 0.238. The zero-order chi connectivity index (χ0) is 25.5. The first-order valence-corrected chi connectivity index (χ1v) is 10.9. The topological polar surface area (TPSA) is 139 Å². The number of amides is 2. The summed E-state index contributed by atoms with van der Waals surface area (Å²) in [5.74, 6) is -3.81. The molecule has 0 fully saturated rings. The first-order valence-electron chi connectivity index (χ1n) is 10.0. The number of aromatic nitrogens is 1. The molecule has 1 unspecified atom stereocenters. The summed E-state index contributed by atoms with van der Waals surface area (Å²) in [4.78, 5) is 41.9. The minimum atomic E-state index is -4.51. The number of nitrogens with one attached hydrogen (secondary N) is 3. The van der Waals surface area contributed by atoms with E-state index in [0.717, 1.165) is 23.5 Å². The second-order valence-corrected chi connectivity index (χ2v) is 8.59. The zero-order valence-electron chi connectivity index (χ0n) is 18.3. The van der Waals surface area contributed by atoms with Gasteiger partial charge < -0.3 is 31.3 Å². The number of carbonyl (C=O) groups excluding carboxylic acids is 3. The number of likely N-dealkylation sites (N-methyl/N-ethyl adjacent to an activating group) is 2. The van der Waals surface area contributed by atoms with E-state index in [9.17, 15) is 27.6 Å². The number of anilines is 3. The van der Waals surface area contributed by atoms with Crippen LogP contribution in [-0.2, 0) is 20.5 Å². The highest BCUT2D eigenvalue weighted by atomic mass is 32.1. The number of nitrogens with zero attached hydrogens (tertiary/aromatic N) is 2. The maximum atomic E-state index is 13.1. The Morgan fingerprint density at radius 2 is 1.97 bits per heavy atom. The van der Waals surface area contributed by atoms with E-state index < -0.39 is 41.9 Å². The molecule has 0 saturated heterocycles. The van der Waals surface area contributed by atoms with Crippen LogP contribution in [0.15, 0.2) is 36.4 Å². The van der Waals surface area contributed by atoms with Crippen molar-refractivity contribution in [1.29, 1.82) is 0 Å². The number of thiazole rings is 1. The lowest BCUT2D eigenvalue weighted by Crippen LogP contribution is -2.64. The van der Waals surface area contributed by atoms with E-state index in [2.05, 4.69) is 20.9 Å². The minimum Gasteiger partial charge on any atom is -0.452 e. The van der Waals surface area contributed by atoms with Crippen LogP contribution in [0.25, 0.3) is 10.2 Å². The van der Waals surface area contributed by atoms with Crippen molar-refractivity contribution in [2.75, 3.05) is 36.2 Å². The third kappa shape index (κ3) is 4.39. The van der Waals surface area contributed by atoms with E-state index >= 15 is 0 Å². The van der Waals surface area contributed by atoms with Crippen LogP contribution in [0.3, 0.4) is 0 Å². The third-order valence-corrected chi connectivity index (χ3v) is 6.32. The molecule has 0 bridgehead atoms. The predicted molar refractivity (Wildman–Crippen MR) is 123 cm³/mol. The number of carbonyl (C=O) groups is 3. The summed E-state index contributed by atoms with van der Waals surface area (Å²) in [6.07, 6.45) is -4.51. The van der Waals surface area contributed by atoms with E-state index in [-0.39, 0.29) is 15.4 Å². The van der Waals surface area contributed by atoms with Gasteiger partial charge in [0.05, 0.1) is 32.7 Å². The maximum Gasteiger partial charge on any atom is 0.416 e. The van der Waals surface area contributed by atoms with Crippen LogP contribution >= 0.6 is 11.3 Å². The Hall–Kier alpha value is -4.07. The molecule has 4 rings (SSSR count). The van der Waals surface area contributed by atoms with Crippen LogP contribution < -0.4 is 26.6 Å². The molecule has 0 saturated carbocycles. The number of fused-ring (bicyclic) bond motifs is 2. The molecule has 0 radical (unpaired) electrons. The molecule has 5 N–H and O–H groups in total. The minimum absolute atomic E-state index is 0.119. The zero-order valence-corrected chi connectivity index (χ0v) is 19.1. The maximum absolute atomic E-state index is 13.1. The molecule has 10 nitrogen and oxygen atoms in total. The van der Waals surface area contributed by atoms with Crippen LogP contribution in [0, 0.1) is 0 Å². The highest BCUT2D eigenvalue weighted by Crippen LogP contribution is 2.41. The summed E-state index contributed by atoms with van der Waals surface area (Å²) in [5, 5.41) is 8.31. The van der Waals surface area contributed by atoms with Crippen molar-refractivity contribution in [2.24, 2.45) is 5.73 Å². The first-order chi connectivity index (χ1) is 16.4. The van der Waals surface area contributed by atoms with Gasteiger partial charge in [-0.3, -0.25) is 9.59 Å². The van der Waals surface area contributed by atoms with Crippen LogP contribution in [0.1, 0.15) is 15.9 Å². The van der Waals surface area contributed by atoms with Crippen molar-refractivity contribution in [3.8, 4) is 0 Å². The Kier molecular flexibility index (Phi) is 5.92. The normalized spacial score (nSPS) is 17.0. The number of hydrogen-bond donors (Lipinski definition) is 4. The van der Waals surface area contributed by atoms with Crippen molar-refractivity contribution >= 4 is 55.8 Å². The van der Waals surface area contributed by atoms with Crippen molar-refractivity contribution in [3.05, 3.63) is 47.5 Å². The fourth-order valence-electron chi connectivity index (χ4n) is 3.51. The van der Waals surface area contributed by atoms with E-state index in [4.69, 9.17) is 10.5 Å². The lowest BCUT2D eigenvalue weighted by Gasteiger charge is -2.34. The van der Waals surface area contributed by atoms with Crippen LogP contribution in [0.4, 0.5) is 29.7 Å². The van der Waals surface area contributed by atoms with Crippen LogP contribution in [0.2, 0.25) is 0 Å². The molecular weight excluding hydrogens is 489 g/mol. The van der Waals surface area contributed by atoms with Gasteiger partial charge in [-0.1, -0.05) is 11.3 Å². The van der Waals surface area contributed by atoms with Crippen molar-refractivity contribution in [1.82, 2.24) is 10.3 Å². The highest BCUT2D eigenvalue weighted by molar-refractivity contribution is 7.22. The number of alkyl halides is 3. The van der Waals surface area contributed by atoms with Crippen molar-refractivity contribution in [3.63, 3.8) is 0 Å². The van der Waals surface area contributed by atoms with Gasteiger partial charge in [-0.05, 0) is 36.4 Å². The number of benzene rings is 2. The molecule has 14 heteroatoms. The van der Waals surface area contributed by atoms with Gasteiger partial charge in [0.1, 0.15) is 0 Å². The Labute approximate surface area is 200 Å². The predicted octanol–water partition coefficient (Wildman–Crippen LogP) is 2.33. The number of nitrogens with two attached hydrogens (primary N) is 1. The molecule has 184 valence electrons. The standard InChI is InChI=1S/C21H19F3N6O4S/c1-26-16(31)9-34-17(32)10-3-6-14-13(7-10)28-21(18(25)33,30(14)2)29-19-27-12-5-4-11(20(22,23)24)8-15(12)35-19/h3-8,28H,9H2,1-2H3,(H2,25,33)(H,26,31)(H,27,29). The van der Waals surface area contributed by atoms with Gasteiger partial charge >= 0.3 is 12.1 Å². The second-order valence-electron chi connectivity index (χ2n) is 7.56. The number of ether oxygens (including phenoxy) is 1. The lowest BCUT2D eigenvalue weighted by atomic mass is 10.2. The number of esters is 1.